The maximum atomic E-state index is 13.5. The van der Waals surface area contributed by atoms with Gasteiger partial charge in [-0.1, -0.05) is 12.1 Å². The highest BCUT2D eigenvalue weighted by Gasteiger charge is 2.27. The predicted octanol–water partition coefficient (Wildman–Crippen LogP) is 1.61. The van der Waals surface area contributed by atoms with Crippen LogP contribution in [0.5, 0.6) is 0 Å². The Morgan fingerprint density at radius 2 is 2.17 bits per heavy atom. The summed E-state index contributed by atoms with van der Waals surface area (Å²) in [4.78, 5) is 13.7. The number of likely N-dealkylation sites (tertiary alicyclic amines) is 1. The van der Waals surface area contributed by atoms with Gasteiger partial charge in [0.05, 0.1) is 11.4 Å². The second kappa shape index (κ2) is 5.16. The van der Waals surface area contributed by atoms with Crippen LogP contribution in [0.4, 0.5) is 4.39 Å². The van der Waals surface area contributed by atoms with Gasteiger partial charge in [0, 0.05) is 19.0 Å². The summed E-state index contributed by atoms with van der Waals surface area (Å²) in [6, 6.07) is 5.96. The third-order valence-corrected chi connectivity index (χ3v) is 3.25. The maximum Gasteiger partial charge on any atom is 0.256 e. The molecule has 2 rings (SSSR count). The minimum atomic E-state index is -0.507. The lowest BCUT2D eigenvalue weighted by molar-refractivity contribution is 0.0698. The first-order valence-electron chi connectivity index (χ1n) is 5.97. The Bertz CT molecular complexity index is 475. The predicted molar refractivity (Wildman–Crippen MR) is 66.9 cm³/mol. The topological polar surface area (TPSA) is 70.2 Å². The highest BCUT2D eigenvalue weighted by molar-refractivity contribution is 5.95. The monoisotopic (exact) mass is 249 g/mol. The van der Waals surface area contributed by atoms with Crippen LogP contribution in [0.15, 0.2) is 24.3 Å². The van der Waals surface area contributed by atoms with Crippen molar-refractivity contribution in [3.63, 3.8) is 0 Å². The van der Waals surface area contributed by atoms with Crippen molar-refractivity contribution >= 4 is 11.7 Å². The van der Waals surface area contributed by atoms with E-state index in [1.54, 1.807) is 17.0 Å². The van der Waals surface area contributed by atoms with Crippen LogP contribution in [-0.2, 0) is 0 Å². The fourth-order valence-electron chi connectivity index (χ4n) is 2.22. The van der Waals surface area contributed by atoms with Crippen LogP contribution in [0.3, 0.4) is 0 Å². The number of hydrogen-bond donors (Lipinski definition) is 2. The first-order valence-corrected chi connectivity index (χ1v) is 5.97. The highest BCUT2D eigenvalue weighted by Crippen LogP contribution is 2.19. The molecule has 3 N–H and O–H groups in total. The number of nitrogens with one attached hydrogen (secondary N) is 1. The standard InChI is InChI=1S/C13H16FN3O/c14-11-6-2-1-5-10(11)13(18)17-7-3-4-9(8-17)12(15)16/h1-2,5-6,9H,3-4,7-8H2,(H3,15,16)/t9-/m1/s1. The van der Waals surface area contributed by atoms with Gasteiger partial charge in [-0.05, 0) is 25.0 Å². The Balaban J connectivity index is 2.14. The maximum absolute atomic E-state index is 13.5. The van der Waals surface area contributed by atoms with Gasteiger partial charge in [0.15, 0.2) is 0 Å². The van der Waals surface area contributed by atoms with Gasteiger partial charge in [-0.15, -0.1) is 0 Å². The highest BCUT2D eigenvalue weighted by atomic mass is 19.1. The van der Waals surface area contributed by atoms with Crippen molar-refractivity contribution in [2.45, 2.75) is 12.8 Å². The lowest BCUT2D eigenvalue weighted by Crippen LogP contribution is -2.44. The van der Waals surface area contributed by atoms with E-state index in [9.17, 15) is 9.18 Å². The SMILES string of the molecule is N=C(N)[C@@H]1CCCN(C(=O)c2ccccc2F)C1. The summed E-state index contributed by atoms with van der Waals surface area (Å²) in [7, 11) is 0. The quantitative estimate of drug-likeness (QED) is 0.617. The molecule has 1 saturated heterocycles. The van der Waals surface area contributed by atoms with E-state index in [0.29, 0.717) is 13.1 Å². The Labute approximate surface area is 105 Å². The van der Waals surface area contributed by atoms with Crippen molar-refractivity contribution in [3.05, 3.63) is 35.6 Å². The number of amidine groups is 1. The molecule has 1 heterocycles. The normalized spacial score (nSPS) is 19.6. The van der Waals surface area contributed by atoms with Crippen molar-refractivity contribution in [2.75, 3.05) is 13.1 Å². The van der Waals surface area contributed by atoms with E-state index in [4.69, 9.17) is 11.1 Å². The number of benzene rings is 1. The van der Waals surface area contributed by atoms with Gasteiger partial charge in [-0.2, -0.15) is 0 Å². The van der Waals surface area contributed by atoms with Gasteiger partial charge < -0.3 is 10.6 Å². The van der Waals surface area contributed by atoms with Crippen molar-refractivity contribution in [1.29, 1.82) is 5.41 Å². The summed E-state index contributed by atoms with van der Waals surface area (Å²) in [6.07, 6.45) is 1.61. The zero-order valence-electron chi connectivity index (χ0n) is 10.0. The van der Waals surface area contributed by atoms with Crippen LogP contribution in [0.25, 0.3) is 0 Å². The molecule has 18 heavy (non-hydrogen) atoms. The lowest BCUT2D eigenvalue weighted by atomic mass is 9.96. The summed E-state index contributed by atoms with van der Waals surface area (Å²) in [6.45, 7) is 0.999. The number of halogens is 1. The molecule has 1 fully saturated rings. The molecule has 0 radical (unpaired) electrons. The Kier molecular flexibility index (Phi) is 3.60. The summed E-state index contributed by atoms with van der Waals surface area (Å²) in [5.74, 6) is -0.831. The number of nitrogens with two attached hydrogens (primary N) is 1. The zero-order chi connectivity index (χ0) is 13.1. The third kappa shape index (κ3) is 2.50. The molecule has 96 valence electrons. The number of carbonyl (C=O) groups excluding carboxylic acids is 1. The second-order valence-corrected chi connectivity index (χ2v) is 4.53. The van der Waals surface area contributed by atoms with Crippen molar-refractivity contribution in [2.24, 2.45) is 11.7 Å². The molecule has 1 aliphatic rings. The Hall–Kier alpha value is -1.91. The van der Waals surface area contributed by atoms with Crippen LogP contribution < -0.4 is 5.73 Å². The van der Waals surface area contributed by atoms with Crippen molar-refractivity contribution < 1.29 is 9.18 Å². The molecule has 0 aromatic heterocycles. The molecule has 1 atom stereocenters. The van der Waals surface area contributed by atoms with Gasteiger partial charge in [0.25, 0.3) is 5.91 Å². The van der Waals surface area contributed by atoms with Gasteiger partial charge in [0.2, 0.25) is 0 Å². The smallest absolute Gasteiger partial charge is 0.256 e. The molecule has 1 aromatic carbocycles. The van der Waals surface area contributed by atoms with E-state index >= 15 is 0 Å². The number of nitrogens with zero attached hydrogens (tertiary/aromatic N) is 1. The van der Waals surface area contributed by atoms with Crippen LogP contribution >= 0.6 is 0 Å². The number of amides is 1. The minimum absolute atomic E-state index is 0.0849. The van der Waals surface area contributed by atoms with Crippen LogP contribution in [0, 0.1) is 17.1 Å². The van der Waals surface area contributed by atoms with Crippen molar-refractivity contribution in [3.8, 4) is 0 Å². The molecule has 0 unspecified atom stereocenters. The fraction of sp³-hybridized carbons (Fsp3) is 0.385. The molecule has 0 spiro atoms. The summed E-state index contributed by atoms with van der Waals surface area (Å²) in [5, 5.41) is 7.43. The van der Waals surface area contributed by atoms with E-state index in [2.05, 4.69) is 0 Å². The van der Waals surface area contributed by atoms with Gasteiger partial charge in [-0.25, -0.2) is 4.39 Å². The minimum Gasteiger partial charge on any atom is -0.387 e. The Morgan fingerprint density at radius 3 is 2.83 bits per heavy atom. The first kappa shape index (κ1) is 12.5. The van der Waals surface area contributed by atoms with Gasteiger partial charge in [0.1, 0.15) is 5.82 Å². The molecule has 0 aliphatic carbocycles. The van der Waals surface area contributed by atoms with Crippen LogP contribution in [0.1, 0.15) is 23.2 Å². The molecule has 5 heteroatoms. The van der Waals surface area contributed by atoms with E-state index < -0.39 is 5.82 Å². The number of rotatable bonds is 2. The Morgan fingerprint density at radius 1 is 1.44 bits per heavy atom. The largest absolute Gasteiger partial charge is 0.387 e. The second-order valence-electron chi connectivity index (χ2n) is 4.53. The van der Waals surface area contributed by atoms with E-state index in [-0.39, 0.29) is 23.2 Å². The van der Waals surface area contributed by atoms with E-state index in [0.717, 1.165) is 12.8 Å². The average Bonchev–Trinajstić information content (AvgIpc) is 2.38. The molecule has 1 aromatic rings. The molecule has 4 nitrogen and oxygen atoms in total. The third-order valence-electron chi connectivity index (χ3n) is 3.25. The number of hydrogen-bond acceptors (Lipinski definition) is 2. The van der Waals surface area contributed by atoms with Crippen molar-refractivity contribution in [1.82, 2.24) is 4.90 Å². The molecule has 0 bridgehead atoms. The van der Waals surface area contributed by atoms with E-state index in [1.165, 1.54) is 12.1 Å². The number of carbonyl (C=O) groups is 1. The summed E-state index contributed by atoms with van der Waals surface area (Å²) < 4.78 is 13.5. The molecule has 1 aliphatic heterocycles. The summed E-state index contributed by atoms with van der Waals surface area (Å²) >= 11 is 0. The molecule has 1 amide bonds. The lowest BCUT2D eigenvalue weighted by Gasteiger charge is -2.32. The van der Waals surface area contributed by atoms with Gasteiger partial charge >= 0.3 is 0 Å². The average molecular weight is 249 g/mol. The van der Waals surface area contributed by atoms with Crippen LogP contribution in [-0.4, -0.2) is 29.7 Å². The molecule has 0 saturated carbocycles. The zero-order valence-corrected chi connectivity index (χ0v) is 10.0. The number of piperidine rings is 1. The fourth-order valence-corrected chi connectivity index (χ4v) is 2.22. The first-order chi connectivity index (χ1) is 8.59. The van der Waals surface area contributed by atoms with E-state index in [1.807, 2.05) is 0 Å². The van der Waals surface area contributed by atoms with Crippen LogP contribution in [0.2, 0.25) is 0 Å². The van der Waals surface area contributed by atoms with Gasteiger partial charge in [-0.3, -0.25) is 10.2 Å². The molecular formula is C13H16FN3O. The summed E-state index contributed by atoms with van der Waals surface area (Å²) in [5.41, 5.74) is 5.55. The molecular weight excluding hydrogens is 233 g/mol.